The van der Waals surface area contributed by atoms with Crippen molar-refractivity contribution in [2.24, 2.45) is 5.73 Å². The molecule has 0 radical (unpaired) electrons. The highest BCUT2D eigenvalue weighted by atomic mass is 19.4. The van der Waals surface area contributed by atoms with Gasteiger partial charge in [-0.15, -0.1) is 0 Å². The summed E-state index contributed by atoms with van der Waals surface area (Å²) in [5.74, 6) is -0.697. The minimum atomic E-state index is -4.50. The summed E-state index contributed by atoms with van der Waals surface area (Å²) in [7, 11) is 0. The van der Waals surface area contributed by atoms with Crippen molar-refractivity contribution in [1.29, 1.82) is 0 Å². The van der Waals surface area contributed by atoms with Crippen LogP contribution in [0.25, 0.3) is 0 Å². The van der Waals surface area contributed by atoms with Gasteiger partial charge < -0.3 is 11.5 Å². The van der Waals surface area contributed by atoms with Crippen LogP contribution in [-0.4, -0.2) is 15.7 Å². The van der Waals surface area contributed by atoms with Gasteiger partial charge in [-0.3, -0.25) is 9.48 Å². The van der Waals surface area contributed by atoms with Crippen LogP contribution < -0.4 is 11.5 Å². The number of rotatable bonds is 3. The smallest absolute Gasteiger partial charge is 0.399 e. The molecular formula is C13H13F3N4O. The monoisotopic (exact) mass is 298 g/mol. The molecular weight excluding hydrogens is 285 g/mol. The molecule has 4 N–H and O–H groups in total. The molecule has 1 aromatic carbocycles. The highest BCUT2D eigenvalue weighted by Crippen LogP contribution is 2.36. The number of benzene rings is 1. The molecule has 0 aliphatic carbocycles. The van der Waals surface area contributed by atoms with Crippen molar-refractivity contribution in [3.8, 4) is 0 Å². The largest absolute Gasteiger partial charge is 0.416 e. The average molecular weight is 298 g/mol. The number of hydrogen-bond donors (Lipinski definition) is 2. The SMILES string of the molecule is CC(c1cc(N)ccc1C(F)(F)F)n1cc(C(N)=O)cn1. The number of nitrogens with zero attached hydrogens (tertiary/aromatic N) is 2. The first kappa shape index (κ1) is 14.9. The summed E-state index contributed by atoms with van der Waals surface area (Å²) in [4.78, 5) is 11.0. The van der Waals surface area contributed by atoms with Crippen LogP contribution in [-0.2, 0) is 6.18 Å². The first-order chi connectivity index (χ1) is 9.70. The summed E-state index contributed by atoms with van der Waals surface area (Å²) in [5.41, 5.74) is 10.2. The number of carbonyl (C=O) groups is 1. The van der Waals surface area contributed by atoms with Crippen molar-refractivity contribution in [3.63, 3.8) is 0 Å². The number of nitrogens with two attached hydrogens (primary N) is 2. The normalized spacial score (nSPS) is 13.1. The predicted molar refractivity (Wildman–Crippen MR) is 70.4 cm³/mol. The zero-order valence-corrected chi connectivity index (χ0v) is 11.1. The fourth-order valence-corrected chi connectivity index (χ4v) is 2.00. The molecule has 0 saturated carbocycles. The van der Waals surface area contributed by atoms with E-state index >= 15 is 0 Å². The van der Waals surface area contributed by atoms with E-state index in [1.165, 1.54) is 36.1 Å². The summed E-state index contributed by atoms with van der Waals surface area (Å²) in [6, 6.07) is 2.62. The molecule has 0 aliphatic heterocycles. The van der Waals surface area contributed by atoms with Gasteiger partial charge >= 0.3 is 6.18 Å². The summed E-state index contributed by atoms with van der Waals surface area (Å²) < 4.78 is 40.4. The van der Waals surface area contributed by atoms with Crippen molar-refractivity contribution in [1.82, 2.24) is 9.78 Å². The first-order valence-corrected chi connectivity index (χ1v) is 6.00. The van der Waals surface area contributed by atoms with E-state index in [-0.39, 0.29) is 16.8 Å². The molecule has 1 aromatic heterocycles. The Morgan fingerprint density at radius 1 is 1.38 bits per heavy atom. The Kier molecular flexibility index (Phi) is 3.63. The average Bonchev–Trinajstić information content (AvgIpc) is 2.86. The number of amides is 1. The van der Waals surface area contributed by atoms with E-state index in [9.17, 15) is 18.0 Å². The number of anilines is 1. The van der Waals surface area contributed by atoms with Crippen molar-refractivity contribution >= 4 is 11.6 Å². The minimum Gasteiger partial charge on any atom is -0.399 e. The van der Waals surface area contributed by atoms with Gasteiger partial charge in [0.1, 0.15) is 0 Å². The Morgan fingerprint density at radius 2 is 2.05 bits per heavy atom. The fraction of sp³-hybridized carbons (Fsp3) is 0.231. The molecule has 1 heterocycles. The summed E-state index contributed by atoms with van der Waals surface area (Å²) in [6.07, 6.45) is -1.99. The van der Waals surface area contributed by atoms with E-state index < -0.39 is 23.7 Å². The lowest BCUT2D eigenvalue weighted by Crippen LogP contribution is -2.16. The van der Waals surface area contributed by atoms with Crippen molar-refractivity contribution in [2.75, 3.05) is 5.73 Å². The Hall–Kier alpha value is -2.51. The number of hydrogen-bond acceptors (Lipinski definition) is 3. The minimum absolute atomic E-state index is 0.0263. The first-order valence-electron chi connectivity index (χ1n) is 6.00. The Morgan fingerprint density at radius 3 is 2.57 bits per heavy atom. The molecule has 0 saturated heterocycles. The molecule has 5 nitrogen and oxygen atoms in total. The highest BCUT2D eigenvalue weighted by Gasteiger charge is 2.35. The van der Waals surface area contributed by atoms with Gasteiger partial charge in [-0.1, -0.05) is 0 Å². The molecule has 0 fully saturated rings. The van der Waals surface area contributed by atoms with E-state index in [2.05, 4.69) is 5.10 Å². The third kappa shape index (κ3) is 2.99. The highest BCUT2D eigenvalue weighted by molar-refractivity contribution is 5.92. The maximum atomic E-state index is 13.0. The van der Waals surface area contributed by atoms with Crippen molar-refractivity contribution < 1.29 is 18.0 Å². The van der Waals surface area contributed by atoms with Crippen LogP contribution in [0.3, 0.4) is 0 Å². The quantitative estimate of drug-likeness (QED) is 0.851. The lowest BCUT2D eigenvalue weighted by atomic mass is 10.00. The van der Waals surface area contributed by atoms with E-state index in [0.29, 0.717) is 0 Å². The van der Waals surface area contributed by atoms with Gasteiger partial charge in [-0.05, 0) is 30.7 Å². The predicted octanol–water partition coefficient (Wildman–Crippen LogP) is 2.19. The Bertz CT molecular complexity index is 678. The number of aromatic nitrogens is 2. The van der Waals surface area contributed by atoms with Crippen LogP contribution in [0.15, 0.2) is 30.6 Å². The second-order valence-electron chi connectivity index (χ2n) is 4.59. The van der Waals surface area contributed by atoms with Gasteiger partial charge in [0.15, 0.2) is 0 Å². The molecule has 8 heteroatoms. The fourth-order valence-electron chi connectivity index (χ4n) is 2.00. The van der Waals surface area contributed by atoms with E-state index in [1.54, 1.807) is 0 Å². The van der Waals surface area contributed by atoms with Gasteiger partial charge in [0.05, 0.1) is 23.4 Å². The lowest BCUT2D eigenvalue weighted by molar-refractivity contribution is -0.138. The molecule has 0 spiro atoms. The van der Waals surface area contributed by atoms with Gasteiger partial charge in [0, 0.05) is 11.9 Å². The summed E-state index contributed by atoms with van der Waals surface area (Å²) in [6.45, 7) is 1.53. The standard InChI is InChI=1S/C13H13F3N4O/c1-7(20-6-8(5-19-20)12(18)21)10-4-9(17)2-3-11(10)13(14,15)16/h2-7H,17H2,1H3,(H2,18,21). The van der Waals surface area contributed by atoms with Crippen molar-refractivity contribution in [3.05, 3.63) is 47.3 Å². The molecule has 1 amide bonds. The van der Waals surface area contributed by atoms with Crippen LogP contribution in [0, 0.1) is 0 Å². The van der Waals surface area contributed by atoms with E-state index in [4.69, 9.17) is 11.5 Å². The van der Waals surface area contributed by atoms with Crippen molar-refractivity contribution in [2.45, 2.75) is 19.1 Å². The molecule has 0 bridgehead atoms. The lowest BCUT2D eigenvalue weighted by Gasteiger charge is -2.19. The number of nitrogen functional groups attached to an aromatic ring is 1. The maximum Gasteiger partial charge on any atom is 0.416 e. The molecule has 112 valence electrons. The van der Waals surface area contributed by atoms with Crippen LogP contribution in [0.1, 0.15) is 34.5 Å². The summed E-state index contributed by atoms with van der Waals surface area (Å²) in [5, 5.41) is 3.87. The topological polar surface area (TPSA) is 86.9 Å². The van der Waals surface area contributed by atoms with E-state index in [1.807, 2.05) is 0 Å². The number of alkyl halides is 3. The second kappa shape index (κ2) is 5.12. The van der Waals surface area contributed by atoms with Crippen LogP contribution >= 0.6 is 0 Å². The molecule has 21 heavy (non-hydrogen) atoms. The number of halogens is 3. The van der Waals surface area contributed by atoms with Gasteiger partial charge in [0.25, 0.3) is 5.91 Å². The zero-order valence-electron chi connectivity index (χ0n) is 11.1. The van der Waals surface area contributed by atoms with Gasteiger partial charge in [0.2, 0.25) is 0 Å². The number of carbonyl (C=O) groups excluding carboxylic acids is 1. The molecule has 2 aromatic rings. The van der Waals surface area contributed by atoms with Crippen LogP contribution in [0.4, 0.5) is 18.9 Å². The molecule has 1 unspecified atom stereocenters. The molecule has 1 atom stereocenters. The van der Waals surface area contributed by atoms with E-state index in [0.717, 1.165) is 6.07 Å². The third-order valence-corrected chi connectivity index (χ3v) is 3.11. The zero-order chi connectivity index (χ0) is 15.8. The third-order valence-electron chi connectivity index (χ3n) is 3.11. The van der Waals surface area contributed by atoms with Crippen LogP contribution in [0.2, 0.25) is 0 Å². The Labute approximate surface area is 118 Å². The maximum absolute atomic E-state index is 13.0. The van der Waals surface area contributed by atoms with Gasteiger partial charge in [-0.2, -0.15) is 18.3 Å². The molecule has 2 rings (SSSR count). The van der Waals surface area contributed by atoms with Crippen LogP contribution in [0.5, 0.6) is 0 Å². The summed E-state index contributed by atoms with van der Waals surface area (Å²) >= 11 is 0. The molecule has 0 aliphatic rings. The second-order valence-corrected chi connectivity index (χ2v) is 4.59. The number of primary amides is 1. The Balaban J connectivity index is 2.49. The van der Waals surface area contributed by atoms with Gasteiger partial charge in [-0.25, -0.2) is 0 Å².